The van der Waals surface area contributed by atoms with Crippen molar-refractivity contribution in [3.05, 3.63) is 0 Å². The molecule has 0 radical (unpaired) electrons. The fraction of sp³-hybridized carbons (Fsp3) is 0.857. The van der Waals surface area contributed by atoms with E-state index < -0.39 is 0 Å². The summed E-state index contributed by atoms with van der Waals surface area (Å²) in [7, 11) is 2.32. The highest BCUT2D eigenvalue weighted by Crippen LogP contribution is 2.36. The molecule has 3 saturated heterocycles. The van der Waals surface area contributed by atoms with Gasteiger partial charge >= 0.3 is 0 Å². The molecule has 0 bridgehead atoms. The van der Waals surface area contributed by atoms with Gasteiger partial charge in [-0.2, -0.15) is 0 Å². The van der Waals surface area contributed by atoms with Crippen molar-refractivity contribution in [2.45, 2.75) is 57.0 Å². The van der Waals surface area contributed by atoms with Gasteiger partial charge in [-0.3, -0.25) is 14.5 Å². The zero-order valence-corrected chi connectivity index (χ0v) is 11.2. The van der Waals surface area contributed by atoms with E-state index in [4.69, 9.17) is 0 Å². The van der Waals surface area contributed by atoms with Crippen molar-refractivity contribution in [3.63, 3.8) is 0 Å². The maximum absolute atomic E-state index is 12.0. The van der Waals surface area contributed by atoms with E-state index >= 15 is 0 Å². The molecule has 0 aliphatic carbocycles. The summed E-state index contributed by atoms with van der Waals surface area (Å²) >= 11 is 0. The number of quaternary nitrogens is 1. The van der Waals surface area contributed by atoms with Crippen LogP contribution in [0.1, 0.15) is 44.9 Å². The number of piperidine rings is 2. The van der Waals surface area contributed by atoms with Gasteiger partial charge in [-0.1, -0.05) is 0 Å². The zero-order valence-electron chi connectivity index (χ0n) is 11.2. The van der Waals surface area contributed by atoms with Crippen LogP contribution in [0.5, 0.6) is 0 Å². The predicted molar refractivity (Wildman–Crippen MR) is 67.7 cm³/mol. The Hall–Kier alpha value is -0.900. The Balaban J connectivity index is 1.86. The first-order valence-electron chi connectivity index (χ1n) is 7.31. The van der Waals surface area contributed by atoms with Crippen molar-refractivity contribution in [1.82, 2.24) is 4.90 Å². The smallest absolute Gasteiger partial charge is 0.230 e. The number of likely N-dealkylation sites (tertiary alicyclic amines) is 1. The molecule has 100 valence electrons. The van der Waals surface area contributed by atoms with Gasteiger partial charge in [0.2, 0.25) is 11.8 Å². The van der Waals surface area contributed by atoms with Crippen molar-refractivity contribution in [3.8, 4) is 0 Å². The Morgan fingerprint density at radius 2 is 1.67 bits per heavy atom. The molecular weight excluding hydrogens is 228 g/mol. The van der Waals surface area contributed by atoms with E-state index in [-0.39, 0.29) is 17.9 Å². The van der Waals surface area contributed by atoms with Crippen LogP contribution in [0.4, 0.5) is 0 Å². The number of amides is 2. The third-order valence-corrected chi connectivity index (χ3v) is 5.25. The number of hydrogen-bond donors (Lipinski definition) is 0. The molecule has 3 rings (SSSR count). The van der Waals surface area contributed by atoms with Crippen LogP contribution < -0.4 is 0 Å². The van der Waals surface area contributed by atoms with Crippen molar-refractivity contribution in [1.29, 1.82) is 0 Å². The monoisotopic (exact) mass is 251 g/mol. The molecule has 3 aliphatic heterocycles. The van der Waals surface area contributed by atoms with E-state index in [2.05, 4.69) is 7.05 Å². The molecule has 0 unspecified atom stereocenters. The van der Waals surface area contributed by atoms with Crippen molar-refractivity contribution in [2.24, 2.45) is 0 Å². The van der Waals surface area contributed by atoms with Crippen molar-refractivity contribution < 1.29 is 14.1 Å². The maximum atomic E-state index is 12.0. The van der Waals surface area contributed by atoms with Gasteiger partial charge in [-0.15, -0.1) is 0 Å². The Bertz CT molecular complexity index is 362. The van der Waals surface area contributed by atoms with Crippen molar-refractivity contribution >= 4 is 11.8 Å². The first-order valence-corrected chi connectivity index (χ1v) is 7.31. The van der Waals surface area contributed by atoms with Crippen LogP contribution in [0, 0.1) is 0 Å². The number of imide groups is 1. The fourth-order valence-electron chi connectivity index (χ4n) is 4.31. The lowest BCUT2D eigenvalue weighted by atomic mass is 9.85. The van der Waals surface area contributed by atoms with E-state index in [0.717, 1.165) is 17.3 Å². The van der Waals surface area contributed by atoms with Crippen LogP contribution in [-0.4, -0.2) is 53.4 Å². The normalized spacial score (nSPS) is 41.1. The van der Waals surface area contributed by atoms with Gasteiger partial charge in [0, 0.05) is 19.3 Å². The second kappa shape index (κ2) is 4.34. The molecule has 3 aliphatic rings. The number of likely N-dealkylation sites (N-methyl/N-ethyl adjacent to an activating group) is 1. The Labute approximate surface area is 109 Å². The van der Waals surface area contributed by atoms with Gasteiger partial charge in [-0.25, -0.2) is 0 Å². The molecule has 3 atom stereocenters. The van der Waals surface area contributed by atoms with Gasteiger partial charge in [0.15, 0.2) is 0 Å². The second-order valence-corrected chi connectivity index (χ2v) is 6.36. The topological polar surface area (TPSA) is 37.4 Å². The molecule has 0 aromatic heterocycles. The van der Waals surface area contributed by atoms with Crippen LogP contribution in [0.2, 0.25) is 0 Å². The largest absolute Gasteiger partial charge is 0.322 e. The predicted octanol–water partition coefficient (Wildman–Crippen LogP) is 1.30. The van der Waals surface area contributed by atoms with E-state index in [1.54, 1.807) is 4.90 Å². The number of hydrogen-bond acceptors (Lipinski definition) is 2. The summed E-state index contributed by atoms with van der Waals surface area (Å²) in [6.45, 7) is 2.44. The maximum Gasteiger partial charge on any atom is 0.230 e. The summed E-state index contributed by atoms with van der Waals surface area (Å²) in [5, 5.41) is 0. The van der Waals surface area contributed by atoms with Crippen molar-refractivity contribution in [2.75, 3.05) is 20.1 Å². The van der Waals surface area contributed by atoms with E-state index in [0.29, 0.717) is 18.9 Å². The summed E-state index contributed by atoms with van der Waals surface area (Å²) in [5.74, 6) is 0.146. The molecule has 2 amide bonds. The molecule has 3 fully saturated rings. The summed E-state index contributed by atoms with van der Waals surface area (Å²) < 4.78 is 1.09. The molecule has 0 aromatic carbocycles. The first-order chi connectivity index (χ1) is 8.62. The van der Waals surface area contributed by atoms with E-state index in [1.807, 2.05) is 0 Å². The lowest BCUT2D eigenvalue weighted by molar-refractivity contribution is -0.944. The number of carbonyl (C=O) groups is 2. The Kier molecular flexibility index (Phi) is 2.93. The molecule has 0 N–H and O–H groups in total. The highest BCUT2D eigenvalue weighted by Gasteiger charge is 2.49. The fourth-order valence-corrected chi connectivity index (χ4v) is 4.31. The molecule has 4 heteroatoms. The summed E-state index contributed by atoms with van der Waals surface area (Å²) in [6, 6.07) is 0.685. The molecule has 0 aromatic rings. The Morgan fingerprint density at radius 3 is 2.39 bits per heavy atom. The van der Waals surface area contributed by atoms with Gasteiger partial charge in [0.05, 0.1) is 26.2 Å². The third-order valence-electron chi connectivity index (χ3n) is 5.25. The standard InChI is InChI=1S/C14H23N2O2/c1-16-9-3-2-6-12(16)11(5-4-10-16)15-13(17)7-8-14(15)18/h11-12H,2-10H2,1H3/q+1/t11-,12-,16+/m0/s1. The number of rotatable bonds is 1. The third kappa shape index (κ3) is 1.78. The molecule has 4 nitrogen and oxygen atoms in total. The quantitative estimate of drug-likeness (QED) is 0.520. The molecule has 0 saturated carbocycles. The minimum atomic E-state index is 0.0732. The summed E-state index contributed by atoms with van der Waals surface area (Å²) in [6.07, 6.45) is 6.77. The Morgan fingerprint density at radius 1 is 1.00 bits per heavy atom. The van der Waals surface area contributed by atoms with Gasteiger partial charge in [0.1, 0.15) is 6.04 Å². The minimum Gasteiger partial charge on any atom is -0.322 e. The highest BCUT2D eigenvalue weighted by molar-refractivity contribution is 6.02. The van der Waals surface area contributed by atoms with Crippen LogP contribution in [0.3, 0.4) is 0 Å². The van der Waals surface area contributed by atoms with E-state index in [9.17, 15) is 9.59 Å². The van der Waals surface area contributed by atoms with Gasteiger partial charge in [0.25, 0.3) is 0 Å². The average molecular weight is 251 g/mol. The highest BCUT2D eigenvalue weighted by atomic mass is 16.2. The molecular formula is C14H23N2O2+. The van der Waals surface area contributed by atoms with Gasteiger partial charge in [-0.05, 0) is 25.7 Å². The summed E-state index contributed by atoms with van der Waals surface area (Å²) in [4.78, 5) is 25.6. The lowest BCUT2D eigenvalue weighted by Crippen LogP contribution is -2.66. The van der Waals surface area contributed by atoms with Crippen LogP contribution >= 0.6 is 0 Å². The molecule has 3 heterocycles. The second-order valence-electron chi connectivity index (χ2n) is 6.36. The minimum absolute atomic E-state index is 0.0732. The first kappa shape index (κ1) is 12.2. The van der Waals surface area contributed by atoms with Crippen LogP contribution in [0.25, 0.3) is 0 Å². The number of carbonyl (C=O) groups excluding carboxylic acids is 2. The lowest BCUT2D eigenvalue weighted by Gasteiger charge is -2.52. The average Bonchev–Trinajstić information content (AvgIpc) is 2.67. The van der Waals surface area contributed by atoms with E-state index in [1.165, 1.54) is 32.4 Å². The van der Waals surface area contributed by atoms with Gasteiger partial charge < -0.3 is 4.48 Å². The molecule has 18 heavy (non-hydrogen) atoms. The SMILES string of the molecule is C[N@+]12CCCC[C@H]1[C@@H](N1C(=O)CCC1=O)CCC2. The molecule has 0 spiro atoms. The van der Waals surface area contributed by atoms with Crippen LogP contribution in [-0.2, 0) is 9.59 Å². The summed E-state index contributed by atoms with van der Waals surface area (Å²) in [5.41, 5.74) is 0. The van der Waals surface area contributed by atoms with Crippen LogP contribution in [0.15, 0.2) is 0 Å². The number of fused-ring (bicyclic) bond motifs is 1. The number of nitrogens with zero attached hydrogens (tertiary/aromatic N) is 2. The zero-order chi connectivity index (χ0) is 12.8.